The molecular weight excluding hydrogens is 306 g/mol. The molecule has 0 aliphatic heterocycles. The Morgan fingerprint density at radius 3 is 2.20 bits per heavy atom. The molecule has 0 spiro atoms. The van der Waals surface area contributed by atoms with Gasteiger partial charge in [0.15, 0.2) is 0 Å². The van der Waals surface area contributed by atoms with Crippen molar-refractivity contribution in [3.63, 3.8) is 0 Å². The van der Waals surface area contributed by atoms with E-state index in [-0.39, 0.29) is 0 Å². The minimum absolute atomic E-state index is 0.746. The van der Waals surface area contributed by atoms with Crippen LogP contribution in [0.2, 0.25) is 5.02 Å². The summed E-state index contributed by atoms with van der Waals surface area (Å²) in [6.07, 6.45) is 0. The van der Waals surface area contributed by atoms with Gasteiger partial charge >= 0.3 is 0 Å². The standard InChI is InChI=1S/C16H12ClNS2/c1-10-18-15(11-4-8-14(19)9-5-11)16(20-10)12-2-6-13(17)7-3-12/h2-9,19H,1H3. The smallest absolute Gasteiger partial charge is 0.0908 e. The molecule has 1 aromatic heterocycles. The molecule has 3 aromatic rings. The van der Waals surface area contributed by atoms with Crippen LogP contribution in [0.3, 0.4) is 0 Å². The molecule has 0 amide bonds. The summed E-state index contributed by atoms with van der Waals surface area (Å²) in [4.78, 5) is 6.79. The second kappa shape index (κ2) is 5.60. The number of hydrogen-bond donors (Lipinski definition) is 1. The van der Waals surface area contributed by atoms with Crippen LogP contribution in [0, 0.1) is 6.92 Å². The molecule has 0 bridgehead atoms. The summed E-state index contributed by atoms with van der Waals surface area (Å²) in [6.45, 7) is 2.03. The maximum absolute atomic E-state index is 5.96. The average Bonchev–Trinajstić information content (AvgIpc) is 2.82. The van der Waals surface area contributed by atoms with Crippen LogP contribution in [0.5, 0.6) is 0 Å². The van der Waals surface area contributed by atoms with Crippen LogP contribution in [0.25, 0.3) is 21.7 Å². The van der Waals surface area contributed by atoms with Crippen molar-refractivity contribution in [3.05, 3.63) is 58.6 Å². The molecule has 100 valence electrons. The van der Waals surface area contributed by atoms with Gasteiger partial charge in [0.1, 0.15) is 0 Å². The maximum atomic E-state index is 5.96. The van der Waals surface area contributed by atoms with Gasteiger partial charge in [-0.2, -0.15) is 0 Å². The summed E-state index contributed by atoms with van der Waals surface area (Å²) in [7, 11) is 0. The van der Waals surface area contributed by atoms with Gasteiger partial charge in [0.05, 0.1) is 15.6 Å². The zero-order chi connectivity index (χ0) is 14.1. The van der Waals surface area contributed by atoms with E-state index in [9.17, 15) is 0 Å². The van der Waals surface area contributed by atoms with Gasteiger partial charge in [-0.25, -0.2) is 4.98 Å². The summed E-state index contributed by atoms with van der Waals surface area (Å²) in [6, 6.07) is 16.0. The van der Waals surface area contributed by atoms with Crippen molar-refractivity contribution >= 4 is 35.6 Å². The Balaban J connectivity index is 2.12. The van der Waals surface area contributed by atoms with Crippen molar-refractivity contribution < 1.29 is 0 Å². The van der Waals surface area contributed by atoms with Crippen molar-refractivity contribution in [2.24, 2.45) is 0 Å². The van der Waals surface area contributed by atoms with E-state index >= 15 is 0 Å². The molecule has 0 saturated carbocycles. The molecule has 20 heavy (non-hydrogen) atoms. The van der Waals surface area contributed by atoms with Gasteiger partial charge in [0.25, 0.3) is 0 Å². The third-order valence-electron chi connectivity index (χ3n) is 2.98. The van der Waals surface area contributed by atoms with E-state index in [0.717, 1.165) is 31.7 Å². The first-order valence-corrected chi connectivity index (χ1v) is 7.80. The Kier molecular flexibility index (Phi) is 3.83. The zero-order valence-corrected chi connectivity index (χ0v) is 13.3. The topological polar surface area (TPSA) is 12.9 Å². The molecule has 0 atom stereocenters. The lowest BCUT2D eigenvalue weighted by Gasteiger charge is -2.03. The lowest BCUT2D eigenvalue weighted by atomic mass is 10.1. The van der Waals surface area contributed by atoms with E-state index in [1.165, 1.54) is 4.88 Å². The molecule has 0 N–H and O–H groups in total. The van der Waals surface area contributed by atoms with Crippen LogP contribution >= 0.6 is 35.6 Å². The average molecular weight is 318 g/mol. The fourth-order valence-corrected chi connectivity index (χ4v) is 3.26. The fraction of sp³-hybridized carbons (Fsp3) is 0.0625. The Bertz CT molecular complexity index is 667. The highest BCUT2D eigenvalue weighted by molar-refractivity contribution is 7.80. The largest absolute Gasteiger partial charge is 0.241 e. The first-order valence-electron chi connectivity index (χ1n) is 6.16. The first kappa shape index (κ1) is 13.7. The van der Waals surface area contributed by atoms with E-state index in [1.807, 2.05) is 43.3 Å². The number of nitrogens with zero attached hydrogens (tertiary/aromatic N) is 1. The first-order chi connectivity index (χ1) is 9.63. The Hall–Kier alpha value is -1.29. The van der Waals surface area contributed by atoms with Crippen molar-refractivity contribution in [3.8, 4) is 21.7 Å². The summed E-state index contributed by atoms with van der Waals surface area (Å²) < 4.78 is 0. The van der Waals surface area contributed by atoms with E-state index < -0.39 is 0 Å². The van der Waals surface area contributed by atoms with Gasteiger partial charge in [-0.15, -0.1) is 24.0 Å². The second-order valence-electron chi connectivity index (χ2n) is 4.46. The van der Waals surface area contributed by atoms with Gasteiger partial charge in [-0.1, -0.05) is 35.9 Å². The maximum Gasteiger partial charge on any atom is 0.0908 e. The normalized spacial score (nSPS) is 10.8. The number of halogens is 1. The predicted octanol–water partition coefficient (Wildman–Crippen LogP) is 5.73. The van der Waals surface area contributed by atoms with Gasteiger partial charge in [-0.3, -0.25) is 0 Å². The van der Waals surface area contributed by atoms with Crippen LogP contribution in [-0.2, 0) is 0 Å². The van der Waals surface area contributed by atoms with Crippen molar-refractivity contribution in [1.29, 1.82) is 0 Å². The van der Waals surface area contributed by atoms with Gasteiger partial charge in [0.2, 0.25) is 0 Å². The summed E-state index contributed by atoms with van der Waals surface area (Å²) in [5, 5.41) is 1.80. The lowest BCUT2D eigenvalue weighted by molar-refractivity contribution is 1.29. The van der Waals surface area contributed by atoms with E-state index in [1.54, 1.807) is 11.3 Å². The molecule has 1 nitrogen and oxygen atoms in total. The van der Waals surface area contributed by atoms with E-state index in [0.29, 0.717) is 0 Å². The van der Waals surface area contributed by atoms with Crippen LogP contribution in [-0.4, -0.2) is 4.98 Å². The molecule has 2 aromatic carbocycles. The summed E-state index contributed by atoms with van der Waals surface area (Å²) >= 11 is 12.0. The number of thiol groups is 1. The molecule has 0 aliphatic rings. The van der Waals surface area contributed by atoms with E-state index in [2.05, 4.69) is 29.7 Å². The molecule has 3 rings (SSSR count). The Morgan fingerprint density at radius 2 is 1.55 bits per heavy atom. The molecule has 0 aliphatic carbocycles. The molecular formula is C16H12ClNS2. The SMILES string of the molecule is Cc1nc(-c2ccc(S)cc2)c(-c2ccc(Cl)cc2)s1. The molecule has 1 heterocycles. The summed E-state index contributed by atoms with van der Waals surface area (Å²) in [5.41, 5.74) is 3.27. The fourth-order valence-electron chi connectivity index (χ4n) is 2.04. The predicted molar refractivity (Wildman–Crippen MR) is 90.0 cm³/mol. The van der Waals surface area contributed by atoms with Crippen molar-refractivity contribution in [2.75, 3.05) is 0 Å². The number of hydrogen-bond acceptors (Lipinski definition) is 3. The van der Waals surface area contributed by atoms with Crippen LogP contribution in [0.4, 0.5) is 0 Å². The third-order valence-corrected chi connectivity index (χ3v) is 4.55. The monoisotopic (exact) mass is 317 g/mol. The van der Waals surface area contributed by atoms with Crippen LogP contribution < -0.4 is 0 Å². The summed E-state index contributed by atoms with van der Waals surface area (Å²) in [5.74, 6) is 0. The molecule has 0 radical (unpaired) electrons. The quantitative estimate of drug-likeness (QED) is 0.596. The molecule has 0 fully saturated rings. The molecule has 4 heteroatoms. The van der Waals surface area contributed by atoms with Gasteiger partial charge < -0.3 is 0 Å². The van der Waals surface area contributed by atoms with Gasteiger partial charge in [-0.05, 0) is 36.8 Å². The molecule has 0 saturated heterocycles. The van der Waals surface area contributed by atoms with Crippen molar-refractivity contribution in [1.82, 2.24) is 4.98 Å². The van der Waals surface area contributed by atoms with Crippen molar-refractivity contribution in [2.45, 2.75) is 11.8 Å². The van der Waals surface area contributed by atoms with E-state index in [4.69, 9.17) is 11.6 Å². The zero-order valence-electron chi connectivity index (χ0n) is 10.8. The number of aryl methyl sites for hydroxylation is 1. The number of aromatic nitrogens is 1. The number of thiazole rings is 1. The third kappa shape index (κ3) is 2.75. The minimum atomic E-state index is 0.746. The number of benzene rings is 2. The highest BCUT2D eigenvalue weighted by Crippen LogP contribution is 2.37. The van der Waals surface area contributed by atoms with Crippen LogP contribution in [0.15, 0.2) is 53.4 Å². The van der Waals surface area contributed by atoms with Gasteiger partial charge in [0, 0.05) is 15.5 Å². The Morgan fingerprint density at radius 1 is 0.950 bits per heavy atom. The second-order valence-corrected chi connectivity index (χ2v) is 6.62. The van der Waals surface area contributed by atoms with Crippen LogP contribution in [0.1, 0.15) is 5.01 Å². The highest BCUT2D eigenvalue weighted by Gasteiger charge is 2.13. The molecule has 0 unspecified atom stereocenters. The number of rotatable bonds is 2. The Labute approximate surface area is 132 Å². The minimum Gasteiger partial charge on any atom is -0.241 e. The lowest BCUT2D eigenvalue weighted by Crippen LogP contribution is -1.82. The highest BCUT2D eigenvalue weighted by atomic mass is 35.5.